The second kappa shape index (κ2) is 12.7. The number of anilines is 1. The van der Waals surface area contributed by atoms with Crippen LogP contribution in [0.4, 0.5) is 5.82 Å². The van der Waals surface area contributed by atoms with Crippen molar-refractivity contribution in [2.75, 3.05) is 25.0 Å². The molecule has 2 aromatic rings. The number of aromatic nitrogens is 1. The fourth-order valence-corrected chi connectivity index (χ4v) is 3.46. The Morgan fingerprint density at radius 1 is 1.16 bits per heavy atom. The second-order valence-electron chi connectivity index (χ2n) is 7.95. The molecular formula is C24H36IN5O. The summed E-state index contributed by atoms with van der Waals surface area (Å²) in [5.41, 5.74) is 3.46. The van der Waals surface area contributed by atoms with Crippen molar-refractivity contribution in [3.63, 3.8) is 0 Å². The number of aliphatic imine (C=N–C) groups is 1. The topological polar surface area (TPSA) is 61.8 Å². The van der Waals surface area contributed by atoms with Gasteiger partial charge in [-0.2, -0.15) is 0 Å². The smallest absolute Gasteiger partial charge is 0.191 e. The van der Waals surface area contributed by atoms with Gasteiger partial charge >= 0.3 is 0 Å². The van der Waals surface area contributed by atoms with Crippen molar-refractivity contribution in [1.82, 2.24) is 15.6 Å². The fraction of sp³-hybridized carbons (Fsp3) is 0.500. The van der Waals surface area contributed by atoms with Crippen molar-refractivity contribution in [3.8, 4) is 5.75 Å². The van der Waals surface area contributed by atoms with Gasteiger partial charge in [-0.05, 0) is 56.4 Å². The number of nitrogens with one attached hydrogen (secondary N) is 2. The lowest BCUT2D eigenvalue weighted by Gasteiger charge is -2.18. The second-order valence-corrected chi connectivity index (χ2v) is 7.95. The Bertz CT molecular complexity index is 834. The van der Waals surface area contributed by atoms with Crippen LogP contribution < -0.4 is 20.3 Å². The molecule has 0 radical (unpaired) electrons. The average Bonchev–Trinajstić information content (AvgIpc) is 3.30. The molecule has 1 aromatic carbocycles. The van der Waals surface area contributed by atoms with Crippen LogP contribution in [0.25, 0.3) is 0 Å². The molecule has 3 rings (SSSR count). The first-order valence-electron chi connectivity index (χ1n) is 11.0. The van der Waals surface area contributed by atoms with Gasteiger partial charge in [0.15, 0.2) is 5.96 Å². The highest BCUT2D eigenvalue weighted by molar-refractivity contribution is 14.0. The van der Waals surface area contributed by atoms with Gasteiger partial charge in [0.1, 0.15) is 11.6 Å². The van der Waals surface area contributed by atoms with Crippen molar-refractivity contribution in [2.45, 2.75) is 59.2 Å². The summed E-state index contributed by atoms with van der Waals surface area (Å²) < 4.78 is 6.11. The summed E-state index contributed by atoms with van der Waals surface area (Å²) >= 11 is 0. The highest BCUT2D eigenvalue weighted by Crippen LogP contribution is 2.22. The number of pyridine rings is 1. The van der Waals surface area contributed by atoms with Crippen molar-refractivity contribution in [1.29, 1.82) is 0 Å². The Morgan fingerprint density at radius 2 is 1.90 bits per heavy atom. The van der Waals surface area contributed by atoms with Crippen molar-refractivity contribution in [2.24, 2.45) is 4.99 Å². The number of rotatable bonds is 8. The van der Waals surface area contributed by atoms with Gasteiger partial charge in [0.05, 0.1) is 6.10 Å². The minimum Gasteiger partial charge on any atom is -0.490 e. The van der Waals surface area contributed by atoms with E-state index < -0.39 is 0 Å². The highest BCUT2D eigenvalue weighted by atomic mass is 127. The number of hydrogen-bond acceptors (Lipinski definition) is 4. The molecule has 7 heteroatoms. The summed E-state index contributed by atoms with van der Waals surface area (Å²) in [4.78, 5) is 11.3. The third kappa shape index (κ3) is 7.55. The zero-order chi connectivity index (χ0) is 21.3. The maximum Gasteiger partial charge on any atom is 0.191 e. The summed E-state index contributed by atoms with van der Waals surface area (Å²) in [7, 11) is 1.79. The van der Waals surface area contributed by atoms with Gasteiger partial charge < -0.3 is 20.3 Å². The Kier molecular flexibility index (Phi) is 10.4. The average molecular weight is 537 g/mol. The van der Waals surface area contributed by atoms with Gasteiger partial charge in [0.2, 0.25) is 0 Å². The number of nitrogens with zero attached hydrogens (tertiary/aromatic N) is 3. The monoisotopic (exact) mass is 537 g/mol. The van der Waals surface area contributed by atoms with Crippen LogP contribution in [-0.2, 0) is 13.1 Å². The maximum atomic E-state index is 6.11. The highest BCUT2D eigenvalue weighted by Gasteiger charge is 2.13. The van der Waals surface area contributed by atoms with Crippen LogP contribution in [0.5, 0.6) is 5.75 Å². The quantitative estimate of drug-likeness (QED) is 0.292. The number of halogens is 1. The lowest BCUT2D eigenvalue weighted by Crippen LogP contribution is -2.36. The van der Waals surface area contributed by atoms with Gasteiger partial charge in [-0.3, -0.25) is 4.99 Å². The van der Waals surface area contributed by atoms with Crippen molar-refractivity contribution < 1.29 is 4.74 Å². The number of hydrogen-bond donors (Lipinski definition) is 2. The van der Waals surface area contributed by atoms with Gasteiger partial charge in [0.25, 0.3) is 0 Å². The lowest BCUT2D eigenvalue weighted by molar-refractivity contribution is 0.215. The number of guanidine groups is 1. The summed E-state index contributed by atoms with van der Waals surface area (Å²) in [6.45, 7) is 9.88. The molecule has 1 unspecified atom stereocenters. The summed E-state index contributed by atoms with van der Waals surface area (Å²) in [5, 5.41) is 6.77. The molecule has 2 heterocycles. The molecule has 31 heavy (non-hydrogen) atoms. The Balaban J connectivity index is 0.00000341. The molecule has 0 amide bonds. The molecule has 1 saturated heterocycles. The molecule has 0 spiro atoms. The van der Waals surface area contributed by atoms with Gasteiger partial charge in [0, 0.05) is 45.0 Å². The van der Waals surface area contributed by atoms with E-state index in [1.54, 1.807) is 7.05 Å². The molecule has 2 N–H and O–H groups in total. The molecule has 1 aliphatic heterocycles. The summed E-state index contributed by atoms with van der Waals surface area (Å²) in [5.74, 6) is 2.77. The van der Waals surface area contributed by atoms with Crippen LogP contribution in [0.15, 0.2) is 41.5 Å². The normalized spacial score (nSPS) is 14.7. The number of benzene rings is 1. The van der Waals surface area contributed by atoms with E-state index in [9.17, 15) is 0 Å². The number of aryl methyl sites for hydroxylation is 1. The zero-order valence-electron chi connectivity index (χ0n) is 19.1. The maximum absolute atomic E-state index is 6.11. The fourth-order valence-electron chi connectivity index (χ4n) is 3.46. The van der Waals surface area contributed by atoms with E-state index in [4.69, 9.17) is 4.74 Å². The SMILES string of the molecule is CCC(C)Oc1cc(C)ccc1CNC(=NC)NCc1ccc(N2CCCC2)nc1.I. The summed E-state index contributed by atoms with van der Waals surface area (Å²) in [6.07, 6.45) is 5.65. The van der Waals surface area contributed by atoms with Crippen LogP contribution in [0, 0.1) is 6.92 Å². The lowest BCUT2D eigenvalue weighted by atomic mass is 10.1. The molecule has 170 valence electrons. The minimum absolute atomic E-state index is 0. The first-order valence-corrected chi connectivity index (χ1v) is 11.0. The van der Waals surface area contributed by atoms with E-state index in [1.807, 2.05) is 6.20 Å². The third-order valence-electron chi connectivity index (χ3n) is 5.49. The van der Waals surface area contributed by atoms with E-state index in [1.165, 1.54) is 18.4 Å². The first-order chi connectivity index (χ1) is 14.6. The van der Waals surface area contributed by atoms with E-state index in [2.05, 4.69) is 76.6 Å². The molecule has 1 atom stereocenters. The van der Waals surface area contributed by atoms with Crippen LogP contribution in [0.3, 0.4) is 0 Å². The Morgan fingerprint density at radius 3 is 2.55 bits per heavy atom. The molecule has 6 nitrogen and oxygen atoms in total. The summed E-state index contributed by atoms with van der Waals surface area (Å²) in [6, 6.07) is 10.6. The molecule has 0 aliphatic carbocycles. The van der Waals surface area contributed by atoms with Crippen molar-refractivity contribution in [3.05, 3.63) is 53.2 Å². The molecular weight excluding hydrogens is 501 g/mol. The van der Waals surface area contributed by atoms with Crippen molar-refractivity contribution >= 4 is 35.8 Å². The molecule has 1 aliphatic rings. The van der Waals surface area contributed by atoms with E-state index in [-0.39, 0.29) is 30.1 Å². The first kappa shape index (κ1) is 25.2. The van der Waals surface area contributed by atoms with Crippen LogP contribution in [0.1, 0.15) is 49.8 Å². The van der Waals surface area contributed by atoms with Gasteiger partial charge in [-0.1, -0.05) is 25.1 Å². The van der Waals surface area contributed by atoms with Gasteiger partial charge in [-0.15, -0.1) is 24.0 Å². The van der Waals surface area contributed by atoms with Crippen LogP contribution in [0.2, 0.25) is 0 Å². The molecule has 1 fully saturated rings. The zero-order valence-corrected chi connectivity index (χ0v) is 21.5. The predicted molar refractivity (Wildman–Crippen MR) is 140 cm³/mol. The van der Waals surface area contributed by atoms with Crippen LogP contribution in [-0.4, -0.2) is 37.2 Å². The Hall–Kier alpha value is -2.03. The minimum atomic E-state index is 0. The predicted octanol–water partition coefficient (Wildman–Crippen LogP) is 4.65. The van der Waals surface area contributed by atoms with E-state index in [0.717, 1.165) is 48.2 Å². The molecule has 0 saturated carbocycles. The third-order valence-corrected chi connectivity index (χ3v) is 5.49. The number of ether oxygens (including phenoxy) is 1. The largest absolute Gasteiger partial charge is 0.490 e. The molecule has 1 aromatic heterocycles. The van der Waals surface area contributed by atoms with Gasteiger partial charge in [-0.25, -0.2) is 4.98 Å². The standard InChI is InChI=1S/C24H35N5O.HI/c1-5-19(3)30-22-14-18(2)8-10-21(22)17-28-24(25-4)27-16-20-9-11-23(26-15-20)29-12-6-7-13-29;/h8-11,14-15,19H,5-7,12-13,16-17H2,1-4H3,(H2,25,27,28);1H. The Labute approximate surface area is 203 Å². The van der Waals surface area contributed by atoms with E-state index in [0.29, 0.717) is 13.1 Å². The molecule has 0 bridgehead atoms. The van der Waals surface area contributed by atoms with Crippen LogP contribution >= 0.6 is 24.0 Å². The van der Waals surface area contributed by atoms with E-state index >= 15 is 0 Å².